The summed E-state index contributed by atoms with van der Waals surface area (Å²) in [5, 5.41) is 0. The Balaban J connectivity index is -0.0000000800. The minimum Gasteiger partial charge on any atom is -1.00 e. The van der Waals surface area contributed by atoms with Crippen molar-refractivity contribution in [1.82, 2.24) is 0 Å². The number of halogens is 1. The van der Waals surface area contributed by atoms with Crippen molar-refractivity contribution in [2.75, 3.05) is 0 Å². The molecule has 0 aliphatic heterocycles. The van der Waals surface area contributed by atoms with Crippen LogP contribution in [0, 0.1) is 0 Å². The van der Waals surface area contributed by atoms with E-state index in [4.69, 9.17) is 17.5 Å². The molecule has 0 aromatic rings. The van der Waals surface area contributed by atoms with Gasteiger partial charge in [0.25, 0.3) is 0 Å². The van der Waals surface area contributed by atoms with E-state index in [-0.39, 0.29) is 18.4 Å². The lowest BCUT2D eigenvalue weighted by molar-refractivity contribution is -0.00000783. The van der Waals surface area contributed by atoms with Gasteiger partial charge in [0.1, 0.15) is 0 Å². The summed E-state index contributed by atoms with van der Waals surface area (Å²) in [7, 11) is -4.67. The average molecular weight is 179 g/mol. The summed E-state index contributed by atoms with van der Waals surface area (Å²) >= 11 is 0. The molecule has 6 heavy (non-hydrogen) atoms. The molecule has 0 amide bonds. The second kappa shape index (κ2) is 2.51. The van der Waals surface area contributed by atoms with Gasteiger partial charge in [-0.2, -0.15) is 8.42 Å². The standard InChI is InChI=1S/BrH.H2O4S/c;1-5(2,3)4/h1H;(H2,1,2,3,4). The van der Waals surface area contributed by atoms with Crippen molar-refractivity contribution in [2.45, 2.75) is 0 Å². The molecule has 0 saturated carbocycles. The van der Waals surface area contributed by atoms with Gasteiger partial charge in [0.15, 0.2) is 0 Å². The lowest BCUT2D eigenvalue weighted by atomic mass is 15.8. The van der Waals surface area contributed by atoms with Crippen LogP contribution in [0.15, 0.2) is 0 Å². The molecule has 0 aliphatic rings. The molecule has 0 spiro atoms. The summed E-state index contributed by atoms with van der Waals surface area (Å²) in [6.45, 7) is 0. The Bertz CT molecular complexity index is 94.9. The van der Waals surface area contributed by atoms with Gasteiger partial charge >= 0.3 is 11.8 Å². The summed E-state index contributed by atoms with van der Waals surface area (Å²) in [5.74, 6) is 0. The van der Waals surface area contributed by atoms with Crippen molar-refractivity contribution in [1.29, 1.82) is 0 Å². The van der Waals surface area contributed by atoms with E-state index >= 15 is 0 Å². The third-order valence-corrected chi connectivity index (χ3v) is 0. The van der Waals surface area contributed by atoms with Gasteiger partial charge in [-0.15, -0.1) is 0 Å². The first-order valence-electron chi connectivity index (χ1n) is 0.698. The van der Waals surface area contributed by atoms with E-state index in [1.54, 1.807) is 0 Å². The predicted octanol–water partition coefficient (Wildman–Crippen LogP) is -3.54. The van der Waals surface area contributed by atoms with Crippen LogP contribution in [0.3, 0.4) is 0 Å². The second-order valence-electron chi connectivity index (χ2n) is 0.448. The van der Waals surface area contributed by atoms with Crippen LogP contribution in [0.4, 0.5) is 0 Å². The van der Waals surface area contributed by atoms with Gasteiger partial charge in [0.2, 0.25) is 0 Å². The fourth-order valence-electron chi connectivity index (χ4n) is 0. The van der Waals surface area contributed by atoms with Gasteiger partial charge in [-0.3, -0.25) is 9.11 Å². The third-order valence-electron chi connectivity index (χ3n) is 0. The topological polar surface area (TPSA) is 74.6 Å². The Morgan fingerprint density at radius 3 is 1.33 bits per heavy atom. The summed E-state index contributed by atoms with van der Waals surface area (Å²) in [4.78, 5) is 0. The Hall–Kier alpha value is 0.350. The zero-order valence-electron chi connectivity index (χ0n) is 3.50. The Kier molecular flexibility index (Phi) is 4.02. The van der Waals surface area contributed by atoms with Gasteiger partial charge in [-0.1, -0.05) is 0 Å². The van der Waals surface area contributed by atoms with Gasteiger partial charge in [-0.05, 0) is 0 Å². The first-order valence-corrected chi connectivity index (χ1v) is 2.10. The molecule has 0 radical (unpaired) electrons. The largest absolute Gasteiger partial charge is 1.00 e. The Morgan fingerprint density at radius 2 is 1.33 bits per heavy atom. The minimum absolute atomic E-state index is 0. The highest BCUT2D eigenvalue weighted by Crippen LogP contribution is 1.59. The van der Waals surface area contributed by atoms with Gasteiger partial charge in [0, 0.05) is 0 Å². The van der Waals surface area contributed by atoms with E-state index in [2.05, 4.69) is 0 Å². The van der Waals surface area contributed by atoms with E-state index in [1.807, 2.05) is 0 Å². The molecule has 0 aromatic carbocycles. The highest BCUT2D eigenvalue weighted by atomic mass is 79.9. The lowest BCUT2D eigenvalue weighted by Crippen LogP contribution is -3.00. The number of rotatable bonds is 0. The third kappa shape index (κ3) is 399. The van der Waals surface area contributed by atoms with Crippen LogP contribution >= 0.6 is 0 Å². The molecular formula is H3BrO4S. The quantitative estimate of drug-likeness (QED) is 0.378. The average Bonchev–Trinajstić information content (AvgIpc) is 0.722. The Morgan fingerprint density at radius 1 is 1.33 bits per heavy atom. The van der Waals surface area contributed by atoms with E-state index in [1.165, 1.54) is 0 Å². The monoisotopic (exact) mass is 178 g/mol. The molecule has 0 rings (SSSR count). The Labute approximate surface area is 47.0 Å². The summed E-state index contributed by atoms with van der Waals surface area (Å²) in [6.07, 6.45) is 0. The van der Waals surface area contributed by atoms with Crippen molar-refractivity contribution in [3.05, 3.63) is 0 Å². The van der Waals surface area contributed by atoms with E-state index < -0.39 is 10.4 Å². The predicted molar refractivity (Wildman–Crippen MR) is 15.3 cm³/mol. The smallest absolute Gasteiger partial charge is 1.00 e. The molecule has 0 unspecified atom stereocenters. The zero-order valence-corrected chi connectivity index (χ0v) is 4.90. The second-order valence-corrected chi connectivity index (χ2v) is 1.34. The summed E-state index contributed by atoms with van der Waals surface area (Å²) in [6, 6.07) is 0. The lowest BCUT2D eigenvalue weighted by Gasteiger charge is -1.68. The van der Waals surface area contributed by atoms with Crippen LogP contribution in [0.2, 0.25) is 0 Å². The van der Waals surface area contributed by atoms with Crippen molar-refractivity contribution in [2.24, 2.45) is 0 Å². The van der Waals surface area contributed by atoms with Crippen molar-refractivity contribution in [3.63, 3.8) is 0 Å². The first-order chi connectivity index (χ1) is 2.00. The maximum Gasteiger partial charge on any atom is 1.00 e. The van der Waals surface area contributed by atoms with Crippen molar-refractivity contribution in [3.8, 4) is 0 Å². The van der Waals surface area contributed by atoms with Gasteiger partial charge in [-0.25, -0.2) is 0 Å². The van der Waals surface area contributed by atoms with Crippen LogP contribution in [0.5, 0.6) is 0 Å². The first kappa shape index (κ1) is 9.61. The van der Waals surface area contributed by atoms with Crippen LogP contribution in [-0.4, -0.2) is 17.5 Å². The summed E-state index contributed by atoms with van der Waals surface area (Å²) in [5.41, 5.74) is 0. The van der Waals surface area contributed by atoms with Crippen LogP contribution in [0.25, 0.3) is 0 Å². The van der Waals surface area contributed by atoms with Crippen molar-refractivity contribution < 1.29 is 35.9 Å². The zero-order chi connectivity index (χ0) is 4.50. The fourth-order valence-corrected chi connectivity index (χ4v) is 0. The SMILES string of the molecule is O=S(=O)(O)O.[Br-].[H+]. The highest BCUT2D eigenvalue weighted by molar-refractivity contribution is 7.79. The fraction of sp³-hybridized carbons (Fsp3) is 0. The molecule has 2 N–H and O–H groups in total. The van der Waals surface area contributed by atoms with Gasteiger partial charge < -0.3 is 17.0 Å². The molecule has 0 aliphatic carbocycles. The maximum absolute atomic E-state index is 8.74. The summed E-state index contributed by atoms with van der Waals surface area (Å²) < 4.78 is 31.6. The van der Waals surface area contributed by atoms with Crippen LogP contribution in [-0.2, 0) is 10.4 Å². The van der Waals surface area contributed by atoms with Crippen LogP contribution < -0.4 is 17.0 Å². The van der Waals surface area contributed by atoms with Crippen molar-refractivity contribution >= 4 is 10.4 Å². The molecule has 0 fully saturated rings. The minimum atomic E-state index is -4.67. The van der Waals surface area contributed by atoms with E-state index in [9.17, 15) is 0 Å². The molecule has 6 heteroatoms. The van der Waals surface area contributed by atoms with E-state index in [0.717, 1.165) is 0 Å². The van der Waals surface area contributed by atoms with Gasteiger partial charge in [0.05, 0.1) is 0 Å². The molecule has 0 aromatic heterocycles. The molecule has 0 bridgehead atoms. The van der Waals surface area contributed by atoms with Crippen LogP contribution in [0.1, 0.15) is 1.43 Å². The molecule has 0 saturated heterocycles. The number of hydrogen-bond donors (Lipinski definition) is 2. The number of hydrogen-bond acceptors (Lipinski definition) is 2. The van der Waals surface area contributed by atoms with E-state index in [0.29, 0.717) is 0 Å². The molecule has 40 valence electrons. The molecule has 0 atom stereocenters. The maximum atomic E-state index is 8.74. The molecule has 4 nitrogen and oxygen atoms in total. The molecular weight excluding hydrogens is 176 g/mol. The normalized spacial score (nSPS) is 9.67. The highest BCUT2D eigenvalue weighted by Gasteiger charge is 1.84. The molecule has 0 heterocycles.